The summed E-state index contributed by atoms with van der Waals surface area (Å²) in [6.07, 6.45) is 7.43. The second kappa shape index (κ2) is 7.26. The normalized spacial score (nSPS) is 17.9. The van der Waals surface area contributed by atoms with Gasteiger partial charge in [-0.15, -0.1) is 5.10 Å². The summed E-state index contributed by atoms with van der Waals surface area (Å²) in [7, 11) is 0. The zero-order chi connectivity index (χ0) is 16.2. The Morgan fingerprint density at radius 2 is 1.91 bits per heavy atom. The molecule has 1 heterocycles. The average molecular weight is 312 g/mol. The number of hydrogen-bond donors (Lipinski definition) is 1. The van der Waals surface area contributed by atoms with E-state index in [1.807, 2.05) is 4.68 Å². The van der Waals surface area contributed by atoms with Gasteiger partial charge >= 0.3 is 0 Å². The molecule has 0 radical (unpaired) electrons. The molecule has 1 fully saturated rings. The largest absolute Gasteiger partial charge is 0.302 e. The van der Waals surface area contributed by atoms with E-state index in [9.17, 15) is 0 Å². The van der Waals surface area contributed by atoms with Crippen LogP contribution in [0.2, 0.25) is 0 Å². The van der Waals surface area contributed by atoms with Crippen LogP contribution in [0.25, 0.3) is 0 Å². The molecule has 0 aliphatic heterocycles. The summed E-state index contributed by atoms with van der Waals surface area (Å²) >= 11 is 0. The summed E-state index contributed by atoms with van der Waals surface area (Å²) in [5.74, 6) is 0.867. The molecule has 4 nitrogen and oxygen atoms in total. The van der Waals surface area contributed by atoms with E-state index in [1.165, 1.54) is 31.2 Å². The Kier molecular flexibility index (Phi) is 5.11. The molecule has 0 amide bonds. The minimum absolute atomic E-state index is 0.202. The Bertz CT molecular complexity index is 601. The van der Waals surface area contributed by atoms with Crippen LogP contribution in [0.4, 0.5) is 0 Å². The van der Waals surface area contributed by atoms with Gasteiger partial charge in [0.1, 0.15) is 0 Å². The van der Waals surface area contributed by atoms with Gasteiger partial charge in [-0.1, -0.05) is 54.8 Å². The molecule has 23 heavy (non-hydrogen) atoms. The van der Waals surface area contributed by atoms with Crippen molar-refractivity contribution in [1.82, 2.24) is 20.3 Å². The van der Waals surface area contributed by atoms with E-state index in [0.717, 1.165) is 11.6 Å². The molecule has 0 saturated heterocycles. The lowest BCUT2D eigenvalue weighted by Crippen LogP contribution is -2.28. The third-order valence-electron chi connectivity index (χ3n) is 4.95. The van der Waals surface area contributed by atoms with Gasteiger partial charge in [0, 0.05) is 12.1 Å². The first kappa shape index (κ1) is 16.2. The minimum atomic E-state index is 0.202. The lowest BCUT2D eigenvalue weighted by Gasteiger charge is -2.31. The van der Waals surface area contributed by atoms with Gasteiger partial charge < -0.3 is 5.32 Å². The Hall–Kier alpha value is -1.68. The van der Waals surface area contributed by atoms with E-state index >= 15 is 0 Å². The number of nitrogens with one attached hydrogen (secondary N) is 1. The minimum Gasteiger partial charge on any atom is -0.302 e. The summed E-state index contributed by atoms with van der Waals surface area (Å²) in [5, 5.41) is 12.4. The van der Waals surface area contributed by atoms with E-state index in [4.69, 9.17) is 0 Å². The van der Waals surface area contributed by atoms with E-state index < -0.39 is 0 Å². The fraction of sp³-hybridized carbons (Fsp3) is 0.579. The monoisotopic (exact) mass is 312 g/mol. The van der Waals surface area contributed by atoms with Crippen molar-refractivity contribution in [3.05, 3.63) is 47.8 Å². The van der Waals surface area contributed by atoms with E-state index in [1.54, 1.807) is 0 Å². The van der Waals surface area contributed by atoms with Crippen LogP contribution in [0.1, 0.15) is 75.8 Å². The van der Waals surface area contributed by atoms with Crippen LogP contribution in [0.3, 0.4) is 0 Å². The average Bonchev–Trinajstić information content (AvgIpc) is 3.00. The number of hydrogen-bond acceptors (Lipinski definition) is 3. The van der Waals surface area contributed by atoms with Crippen molar-refractivity contribution in [3.63, 3.8) is 0 Å². The zero-order valence-electron chi connectivity index (χ0n) is 14.4. The molecule has 0 bridgehead atoms. The van der Waals surface area contributed by atoms with Crippen LogP contribution in [-0.4, -0.2) is 15.0 Å². The molecule has 4 heteroatoms. The Morgan fingerprint density at radius 3 is 2.48 bits per heavy atom. The molecule has 1 saturated carbocycles. The van der Waals surface area contributed by atoms with E-state index in [-0.39, 0.29) is 6.04 Å². The lowest BCUT2D eigenvalue weighted by molar-refractivity contribution is 0.253. The molecule has 1 aliphatic rings. The Balaban J connectivity index is 1.71. The summed E-state index contributed by atoms with van der Waals surface area (Å²) < 4.78 is 1.93. The third kappa shape index (κ3) is 3.99. The number of aromatic nitrogens is 3. The summed E-state index contributed by atoms with van der Waals surface area (Å²) in [6, 6.07) is 11.7. The maximum atomic E-state index is 4.35. The Morgan fingerprint density at radius 1 is 1.17 bits per heavy atom. The first-order valence-corrected chi connectivity index (χ1v) is 8.86. The summed E-state index contributed by atoms with van der Waals surface area (Å²) in [6.45, 7) is 6.44. The van der Waals surface area contributed by atoms with Crippen LogP contribution in [0, 0.1) is 5.92 Å². The van der Waals surface area contributed by atoms with Crippen molar-refractivity contribution >= 4 is 0 Å². The third-order valence-corrected chi connectivity index (χ3v) is 4.95. The zero-order valence-corrected chi connectivity index (χ0v) is 14.4. The van der Waals surface area contributed by atoms with E-state index in [0.29, 0.717) is 12.1 Å². The smallest absolute Gasteiger partial charge is 0.0993 e. The van der Waals surface area contributed by atoms with Crippen LogP contribution in [-0.2, 0) is 0 Å². The maximum Gasteiger partial charge on any atom is 0.0993 e. The highest BCUT2D eigenvalue weighted by Gasteiger charge is 2.25. The molecular formula is C19H28N4. The fourth-order valence-corrected chi connectivity index (χ4v) is 3.18. The molecule has 1 aromatic heterocycles. The molecule has 124 valence electrons. The van der Waals surface area contributed by atoms with Crippen LogP contribution in [0.5, 0.6) is 0 Å². The summed E-state index contributed by atoms with van der Waals surface area (Å²) in [5.41, 5.74) is 2.40. The number of benzene rings is 1. The van der Waals surface area contributed by atoms with Gasteiger partial charge in [0.15, 0.2) is 0 Å². The highest BCUT2D eigenvalue weighted by molar-refractivity contribution is 5.20. The molecule has 1 aromatic carbocycles. The lowest BCUT2D eigenvalue weighted by atomic mass is 9.79. The van der Waals surface area contributed by atoms with Crippen LogP contribution in [0.15, 0.2) is 36.5 Å². The van der Waals surface area contributed by atoms with Gasteiger partial charge in [0.05, 0.1) is 17.9 Å². The van der Waals surface area contributed by atoms with Gasteiger partial charge in [0.25, 0.3) is 0 Å². The van der Waals surface area contributed by atoms with Crippen molar-refractivity contribution in [2.75, 3.05) is 0 Å². The SMILES string of the molecule is CC(NC(CC1CCC1)c1ccccc1)c1cn(C(C)C)nn1. The Labute approximate surface area is 139 Å². The number of nitrogens with zero attached hydrogens (tertiary/aromatic N) is 3. The van der Waals surface area contributed by atoms with E-state index in [2.05, 4.69) is 72.9 Å². The molecule has 1 aliphatic carbocycles. The van der Waals surface area contributed by atoms with Crippen molar-refractivity contribution < 1.29 is 0 Å². The van der Waals surface area contributed by atoms with Gasteiger partial charge in [-0.2, -0.15) is 0 Å². The molecule has 3 rings (SSSR count). The highest BCUT2D eigenvalue weighted by Crippen LogP contribution is 2.35. The number of rotatable bonds is 7. The van der Waals surface area contributed by atoms with Crippen molar-refractivity contribution in [2.45, 2.75) is 64.6 Å². The molecule has 2 aromatic rings. The molecule has 0 spiro atoms. The first-order valence-electron chi connectivity index (χ1n) is 8.86. The second-order valence-corrected chi connectivity index (χ2v) is 7.10. The maximum absolute atomic E-state index is 4.35. The van der Waals surface area contributed by atoms with Crippen molar-refractivity contribution in [3.8, 4) is 0 Å². The standard InChI is InChI=1S/C19H28N4/c1-14(2)23-13-19(21-22-23)15(3)20-18(12-16-8-7-9-16)17-10-5-4-6-11-17/h4-6,10-11,13-16,18,20H,7-9,12H2,1-3H3. The molecule has 1 N–H and O–H groups in total. The molecule has 2 unspecified atom stereocenters. The van der Waals surface area contributed by atoms with Gasteiger partial charge in [-0.05, 0) is 38.7 Å². The fourth-order valence-electron chi connectivity index (χ4n) is 3.18. The predicted octanol–water partition coefficient (Wildman–Crippen LogP) is 4.44. The first-order chi connectivity index (χ1) is 11.1. The quantitative estimate of drug-likeness (QED) is 0.822. The van der Waals surface area contributed by atoms with Crippen LogP contribution >= 0.6 is 0 Å². The van der Waals surface area contributed by atoms with Crippen molar-refractivity contribution in [2.24, 2.45) is 5.92 Å². The molecular weight excluding hydrogens is 284 g/mol. The predicted molar refractivity (Wildman–Crippen MR) is 93.1 cm³/mol. The second-order valence-electron chi connectivity index (χ2n) is 7.10. The van der Waals surface area contributed by atoms with Gasteiger partial charge in [-0.3, -0.25) is 0 Å². The van der Waals surface area contributed by atoms with Crippen molar-refractivity contribution in [1.29, 1.82) is 0 Å². The van der Waals surface area contributed by atoms with Crippen LogP contribution < -0.4 is 5.32 Å². The van der Waals surface area contributed by atoms with Gasteiger partial charge in [0.2, 0.25) is 0 Å². The molecule has 2 atom stereocenters. The summed E-state index contributed by atoms with van der Waals surface area (Å²) in [4.78, 5) is 0. The highest BCUT2D eigenvalue weighted by atomic mass is 15.4. The topological polar surface area (TPSA) is 42.7 Å². The van der Waals surface area contributed by atoms with Gasteiger partial charge in [-0.25, -0.2) is 4.68 Å².